The van der Waals surface area contributed by atoms with Crippen LogP contribution in [-0.2, 0) is 0 Å². The van der Waals surface area contributed by atoms with Crippen LogP contribution >= 0.6 is 22.6 Å². The Morgan fingerprint density at radius 3 is 2.33 bits per heavy atom. The third-order valence-electron chi connectivity index (χ3n) is 0.486. The second kappa shape index (κ2) is 6.98. The van der Waals surface area contributed by atoms with Gasteiger partial charge in [0, 0.05) is 3.70 Å². The van der Waals surface area contributed by atoms with Crippen molar-refractivity contribution in [1.82, 2.24) is 9.97 Å². The summed E-state index contributed by atoms with van der Waals surface area (Å²) in [6.07, 6.45) is 5.89. The maximum absolute atomic E-state index is 3.85. The molecule has 0 aliphatic rings. The predicted molar refractivity (Wildman–Crippen MR) is 39.3 cm³/mol. The summed E-state index contributed by atoms with van der Waals surface area (Å²) in [6.45, 7) is 0. The van der Waals surface area contributed by atoms with Crippen molar-refractivity contribution >= 4 is 45.6 Å². The molecule has 0 saturated carbocycles. The van der Waals surface area contributed by atoms with Crippen molar-refractivity contribution in [2.75, 3.05) is 0 Å². The Hall–Kier alpha value is 0.866. The third kappa shape index (κ3) is 5.32. The van der Waals surface area contributed by atoms with E-state index in [1.807, 2.05) is 0 Å². The predicted octanol–water partition coefficient (Wildman–Crippen LogP) is -2.50. The molecule has 0 unspecified atom stereocenters. The van der Waals surface area contributed by atoms with Crippen LogP contribution in [0.3, 0.4) is 0 Å². The fourth-order valence-corrected chi connectivity index (χ4v) is 0.552. The molecule has 0 aromatic carbocycles. The van der Waals surface area contributed by atoms with Gasteiger partial charge in [-0.1, -0.05) is 0 Å². The molecule has 1 aromatic heterocycles. The van der Waals surface area contributed by atoms with Gasteiger partial charge in [-0.3, -0.25) is 4.98 Å². The van der Waals surface area contributed by atoms with Gasteiger partial charge in [-0.25, -0.2) is 0 Å². The van der Waals surface area contributed by atoms with Crippen molar-refractivity contribution in [3.05, 3.63) is 22.3 Å². The number of hydrogen-bond acceptors (Lipinski definition) is 2. The largest absolute Gasteiger partial charge is 2.00 e. The zero-order valence-electron chi connectivity index (χ0n) is 4.51. The molecule has 0 bridgehead atoms. The summed E-state index contributed by atoms with van der Waals surface area (Å²) >= 11 is 2.05. The van der Waals surface area contributed by atoms with Crippen LogP contribution in [0.2, 0.25) is 0 Å². The van der Waals surface area contributed by atoms with Crippen LogP contribution in [0, 0.1) is 9.90 Å². The monoisotopic (exact) mass is 264 g/mol. The molecule has 44 valence electrons. The normalized spacial score (nSPS) is 6.78. The van der Waals surface area contributed by atoms with E-state index < -0.39 is 0 Å². The van der Waals surface area contributed by atoms with Crippen LogP contribution in [0.15, 0.2) is 12.4 Å². The van der Waals surface area contributed by atoms with E-state index in [-0.39, 0.29) is 35.5 Å². The van der Waals surface area contributed by atoms with Crippen molar-refractivity contribution in [2.45, 2.75) is 0 Å². The average molecular weight is 265 g/mol. The maximum Gasteiger partial charge on any atom is 2.00 e. The fourth-order valence-electron chi connectivity index (χ4n) is 0.252. The van der Waals surface area contributed by atoms with E-state index >= 15 is 0 Å². The average Bonchev–Trinajstić information content (AvgIpc) is 1.69. The first-order valence-corrected chi connectivity index (χ1v) is 2.81. The molecule has 1 aromatic rings. The molecule has 0 N–H and O–H groups in total. The Kier molecular flexibility index (Phi) is 9.72. The van der Waals surface area contributed by atoms with Crippen LogP contribution in [0.5, 0.6) is 0 Å². The summed E-state index contributed by atoms with van der Waals surface area (Å²) in [5.74, 6) is 0. The van der Waals surface area contributed by atoms with Gasteiger partial charge in [0.2, 0.25) is 0 Å². The summed E-state index contributed by atoms with van der Waals surface area (Å²) in [6, 6.07) is 0. The van der Waals surface area contributed by atoms with E-state index in [2.05, 4.69) is 38.8 Å². The van der Waals surface area contributed by atoms with Crippen LogP contribution in [0.25, 0.3) is 0 Å². The van der Waals surface area contributed by atoms with Crippen molar-refractivity contribution < 1.29 is 12.4 Å². The number of nitrogens with zero attached hydrogens (tertiary/aromatic N) is 2. The minimum Gasteiger partial charge on any atom is -1.00 e. The van der Waals surface area contributed by atoms with Gasteiger partial charge in [0.25, 0.3) is 0 Å². The van der Waals surface area contributed by atoms with Gasteiger partial charge >= 0.3 is 23.1 Å². The molecule has 9 heavy (non-hydrogen) atoms. The van der Waals surface area contributed by atoms with Crippen LogP contribution in [0.4, 0.5) is 0 Å². The summed E-state index contributed by atoms with van der Waals surface area (Å²) in [5, 5.41) is 0. The number of rotatable bonds is 0. The molecule has 5 heteroatoms. The molecule has 0 spiro atoms. The minimum atomic E-state index is 0. The summed E-state index contributed by atoms with van der Waals surface area (Å²) in [7, 11) is 0. The first-order valence-electron chi connectivity index (χ1n) is 1.74. The summed E-state index contributed by atoms with van der Waals surface area (Å²) < 4.78 is 0.806. The van der Waals surface area contributed by atoms with Crippen LogP contribution in [-0.4, -0.2) is 33.0 Å². The van der Waals surface area contributed by atoms with Crippen molar-refractivity contribution in [1.29, 1.82) is 0 Å². The van der Waals surface area contributed by atoms with E-state index in [0.717, 1.165) is 3.70 Å². The molecule has 0 aliphatic heterocycles. The van der Waals surface area contributed by atoms with Gasteiger partial charge in [0.15, 0.2) is 0 Å². The number of hydrogen-bond donors (Lipinski definition) is 0. The topological polar surface area (TPSA) is 25.8 Å². The molecular formula is C4H2ClIMgN2. The van der Waals surface area contributed by atoms with E-state index in [4.69, 9.17) is 0 Å². The molecule has 0 aliphatic carbocycles. The molecule has 2 nitrogen and oxygen atoms in total. The van der Waals surface area contributed by atoms with Gasteiger partial charge in [0.05, 0.1) is 0 Å². The zero-order valence-corrected chi connectivity index (χ0v) is 8.84. The van der Waals surface area contributed by atoms with E-state index in [9.17, 15) is 0 Å². The van der Waals surface area contributed by atoms with Crippen molar-refractivity contribution in [3.8, 4) is 0 Å². The zero-order chi connectivity index (χ0) is 5.11. The molecule has 0 radical (unpaired) electrons. The SMILES string of the molecule is Ic1[c-]nccn1.[Cl-].[Mg+2]. The molecule has 0 atom stereocenters. The van der Waals surface area contributed by atoms with Gasteiger partial charge in [-0.2, -0.15) is 0 Å². The Bertz CT molecular complexity index is 148. The fraction of sp³-hybridized carbons (Fsp3) is 0. The Morgan fingerprint density at radius 1 is 1.44 bits per heavy atom. The number of halogens is 2. The van der Waals surface area contributed by atoms with Crippen LogP contribution < -0.4 is 12.4 Å². The Labute approximate surface area is 89.6 Å². The van der Waals surface area contributed by atoms with Gasteiger partial charge in [-0.05, 0) is 28.8 Å². The van der Waals surface area contributed by atoms with Gasteiger partial charge in [0.1, 0.15) is 0 Å². The minimum absolute atomic E-state index is 0. The molecule has 1 heterocycles. The molecule has 0 saturated heterocycles. The third-order valence-corrected chi connectivity index (χ3v) is 1.01. The second-order valence-corrected chi connectivity index (χ2v) is 1.98. The first-order chi connectivity index (χ1) is 3.39. The smallest absolute Gasteiger partial charge is 1.00 e. The van der Waals surface area contributed by atoms with Crippen molar-refractivity contribution in [3.63, 3.8) is 0 Å². The van der Waals surface area contributed by atoms with E-state index in [1.54, 1.807) is 12.4 Å². The van der Waals surface area contributed by atoms with Gasteiger partial charge < -0.3 is 17.4 Å². The maximum atomic E-state index is 3.85. The van der Waals surface area contributed by atoms with E-state index in [1.165, 1.54) is 0 Å². The van der Waals surface area contributed by atoms with Gasteiger partial charge in [-0.15, -0.1) is 12.4 Å². The molecule has 1 rings (SSSR count). The quantitative estimate of drug-likeness (QED) is 0.294. The second-order valence-electron chi connectivity index (χ2n) is 0.959. The Morgan fingerprint density at radius 2 is 2.11 bits per heavy atom. The Balaban J connectivity index is 0. The van der Waals surface area contributed by atoms with Crippen LogP contribution in [0.1, 0.15) is 0 Å². The standard InChI is InChI=1S/C4H2IN2.ClH.Mg/c5-4-3-6-1-2-7-4;;/h1-2H;1H;/q-1;;+2/p-1. The number of aromatic nitrogens is 2. The van der Waals surface area contributed by atoms with E-state index in [0.29, 0.717) is 0 Å². The van der Waals surface area contributed by atoms with Crippen molar-refractivity contribution in [2.24, 2.45) is 0 Å². The summed E-state index contributed by atoms with van der Waals surface area (Å²) in [4.78, 5) is 7.54. The first kappa shape index (κ1) is 12.5. The molecular weight excluding hydrogens is 263 g/mol. The molecule has 0 amide bonds. The molecule has 0 fully saturated rings. The summed E-state index contributed by atoms with van der Waals surface area (Å²) in [5.41, 5.74) is 0.